The van der Waals surface area contributed by atoms with Crippen LogP contribution >= 0.6 is 34.3 Å². The molecule has 0 aliphatic rings. The lowest BCUT2D eigenvalue weighted by atomic mass is 10.3. The molecule has 1 amide bonds. The number of fused-ring (bicyclic) bond motifs is 1. The maximum absolute atomic E-state index is 13.1. The lowest BCUT2D eigenvalue weighted by Gasteiger charge is -2.18. The summed E-state index contributed by atoms with van der Waals surface area (Å²) in [6.07, 6.45) is 1.86. The molecule has 5 nitrogen and oxygen atoms in total. The number of aromatic nitrogens is 1. The molecule has 144 valence electrons. The Hall–Kier alpha value is -2.35. The van der Waals surface area contributed by atoms with Crippen molar-refractivity contribution >= 4 is 55.5 Å². The number of thiazole rings is 1. The predicted octanol–water partition coefficient (Wildman–Crippen LogP) is 5.78. The van der Waals surface area contributed by atoms with Gasteiger partial charge in [-0.1, -0.05) is 29.0 Å². The molecular weight excluding hydrogens is 416 g/mol. The van der Waals surface area contributed by atoms with Gasteiger partial charge in [0.2, 0.25) is 5.91 Å². The van der Waals surface area contributed by atoms with Crippen LogP contribution in [0.5, 0.6) is 5.75 Å². The summed E-state index contributed by atoms with van der Waals surface area (Å²) in [6.45, 7) is 2.81. The summed E-state index contributed by atoms with van der Waals surface area (Å²) in [5.74, 6) is 1.35. The van der Waals surface area contributed by atoms with E-state index in [9.17, 15) is 4.79 Å². The number of para-hydroxylation sites is 1. The number of furan rings is 1. The minimum absolute atomic E-state index is 0.0630. The molecule has 0 atom stereocenters. The van der Waals surface area contributed by atoms with Gasteiger partial charge < -0.3 is 9.15 Å². The van der Waals surface area contributed by atoms with Crippen molar-refractivity contribution in [3.63, 3.8) is 0 Å². The number of rotatable bonds is 7. The second kappa shape index (κ2) is 8.34. The Labute approximate surface area is 175 Å². The number of carbonyl (C=O) groups is 1. The molecule has 3 aromatic heterocycles. The summed E-state index contributed by atoms with van der Waals surface area (Å²) in [4.78, 5) is 20.4. The van der Waals surface area contributed by atoms with E-state index < -0.39 is 0 Å². The van der Waals surface area contributed by atoms with E-state index in [0.717, 1.165) is 20.8 Å². The molecule has 4 rings (SSSR count). The minimum Gasteiger partial charge on any atom is -0.492 e. The van der Waals surface area contributed by atoms with Crippen LogP contribution in [0.15, 0.2) is 53.1 Å². The molecule has 0 saturated heterocycles. The molecule has 1 aromatic carbocycles. The van der Waals surface area contributed by atoms with Crippen LogP contribution in [0.2, 0.25) is 4.34 Å². The van der Waals surface area contributed by atoms with Gasteiger partial charge in [-0.15, -0.1) is 11.3 Å². The number of carbonyl (C=O) groups excluding carboxylic acids is 1. The number of halogens is 1. The van der Waals surface area contributed by atoms with E-state index in [1.54, 1.807) is 17.2 Å². The first-order chi connectivity index (χ1) is 13.6. The lowest BCUT2D eigenvalue weighted by Crippen LogP contribution is -2.31. The second-order valence-corrected chi connectivity index (χ2v) is 8.78. The summed E-state index contributed by atoms with van der Waals surface area (Å²) in [6, 6.07) is 13.1. The Balaban J connectivity index is 1.69. The molecule has 4 aromatic rings. The van der Waals surface area contributed by atoms with Crippen LogP contribution < -0.4 is 9.64 Å². The van der Waals surface area contributed by atoms with Crippen molar-refractivity contribution in [2.75, 3.05) is 11.5 Å². The zero-order chi connectivity index (χ0) is 19.5. The molecular formula is C20H17ClN2O3S2. The summed E-state index contributed by atoms with van der Waals surface area (Å²) >= 11 is 8.88. The number of anilines is 1. The van der Waals surface area contributed by atoms with Crippen LogP contribution in [-0.4, -0.2) is 17.5 Å². The summed E-state index contributed by atoms with van der Waals surface area (Å²) in [5.41, 5.74) is 0.765. The Morgan fingerprint density at radius 1 is 1.21 bits per heavy atom. The largest absolute Gasteiger partial charge is 0.492 e. The highest BCUT2D eigenvalue weighted by Gasteiger charge is 2.23. The first-order valence-electron chi connectivity index (χ1n) is 8.73. The topological polar surface area (TPSA) is 55.6 Å². The SMILES string of the molecule is CCOc1cccc2sc(N(Cc3ccco3)C(=O)Cc3ccc(Cl)s3)nc12. The summed E-state index contributed by atoms with van der Waals surface area (Å²) < 4.78 is 12.8. The van der Waals surface area contributed by atoms with Gasteiger partial charge in [-0.05, 0) is 43.3 Å². The normalized spacial score (nSPS) is 11.1. The number of hydrogen-bond acceptors (Lipinski definition) is 6. The molecule has 0 unspecified atom stereocenters. The molecule has 8 heteroatoms. The number of hydrogen-bond donors (Lipinski definition) is 0. The quantitative estimate of drug-likeness (QED) is 0.371. The number of ether oxygens (including phenoxy) is 1. The van der Waals surface area contributed by atoms with E-state index in [4.69, 9.17) is 25.7 Å². The fourth-order valence-corrected chi connectivity index (χ4v) is 4.89. The molecule has 0 aliphatic carbocycles. The van der Waals surface area contributed by atoms with Gasteiger partial charge in [0.1, 0.15) is 17.0 Å². The van der Waals surface area contributed by atoms with Gasteiger partial charge in [0.15, 0.2) is 5.13 Å². The Morgan fingerprint density at radius 3 is 2.82 bits per heavy atom. The Bertz CT molecular complexity index is 1090. The fourth-order valence-electron chi connectivity index (χ4n) is 2.81. The van der Waals surface area contributed by atoms with E-state index in [1.165, 1.54) is 22.7 Å². The highest BCUT2D eigenvalue weighted by atomic mass is 35.5. The number of thiophene rings is 1. The van der Waals surface area contributed by atoms with E-state index in [0.29, 0.717) is 28.4 Å². The van der Waals surface area contributed by atoms with Gasteiger partial charge in [0.25, 0.3) is 0 Å². The second-order valence-electron chi connectivity index (χ2n) is 5.97. The molecule has 0 N–H and O–H groups in total. The van der Waals surface area contributed by atoms with Gasteiger partial charge >= 0.3 is 0 Å². The van der Waals surface area contributed by atoms with Crippen LogP contribution in [0.1, 0.15) is 17.6 Å². The maximum Gasteiger partial charge on any atom is 0.234 e. The van der Waals surface area contributed by atoms with Crippen LogP contribution in [0.3, 0.4) is 0 Å². The standard InChI is InChI=1S/C20H17ClN2O3S2/c1-2-25-15-6-3-7-16-19(15)22-20(28-16)23(12-13-5-4-10-26-13)18(24)11-14-8-9-17(21)27-14/h3-10H,2,11-12H2,1H3. The van der Waals surface area contributed by atoms with E-state index in [1.807, 2.05) is 43.3 Å². The highest BCUT2D eigenvalue weighted by molar-refractivity contribution is 7.22. The average molecular weight is 433 g/mol. The van der Waals surface area contributed by atoms with Crippen LogP contribution in [0.25, 0.3) is 10.2 Å². The zero-order valence-electron chi connectivity index (χ0n) is 15.1. The molecule has 0 fully saturated rings. The van der Waals surface area contributed by atoms with Crippen LogP contribution in [0.4, 0.5) is 5.13 Å². The molecule has 0 aliphatic heterocycles. The minimum atomic E-state index is -0.0630. The molecule has 28 heavy (non-hydrogen) atoms. The fraction of sp³-hybridized carbons (Fsp3) is 0.200. The number of benzene rings is 1. The van der Waals surface area contributed by atoms with Crippen molar-refractivity contribution < 1.29 is 13.9 Å². The van der Waals surface area contributed by atoms with Gasteiger partial charge in [-0.3, -0.25) is 9.69 Å². The third-order valence-electron chi connectivity index (χ3n) is 4.05. The van der Waals surface area contributed by atoms with Gasteiger partial charge in [-0.2, -0.15) is 0 Å². The summed E-state index contributed by atoms with van der Waals surface area (Å²) in [5, 5.41) is 0.617. The molecule has 0 bridgehead atoms. The van der Waals surface area contributed by atoms with Gasteiger partial charge in [-0.25, -0.2) is 4.98 Å². The van der Waals surface area contributed by atoms with Gasteiger partial charge in [0, 0.05) is 4.88 Å². The van der Waals surface area contributed by atoms with Gasteiger partial charge in [0.05, 0.1) is 34.9 Å². The predicted molar refractivity (Wildman–Crippen MR) is 114 cm³/mol. The van der Waals surface area contributed by atoms with Crippen molar-refractivity contribution in [2.24, 2.45) is 0 Å². The average Bonchev–Trinajstić information content (AvgIpc) is 3.41. The zero-order valence-corrected chi connectivity index (χ0v) is 17.4. The molecule has 3 heterocycles. The van der Waals surface area contributed by atoms with E-state index >= 15 is 0 Å². The highest BCUT2D eigenvalue weighted by Crippen LogP contribution is 2.35. The van der Waals surface area contributed by atoms with Crippen molar-refractivity contribution in [2.45, 2.75) is 19.9 Å². The maximum atomic E-state index is 13.1. The number of amides is 1. The Kier molecular flexibility index (Phi) is 5.66. The third-order valence-corrected chi connectivity index (χ3v) is 6.33. The first kappa shape index (κ1) is 19.0. The van der Waals surface area contributed by atoms with E-state index in [-0.39, 0.29) is 12.3 Å². The van der Waals surface area contributed by atoms with Crippen molar-refractivity contribution in [1.82, 2.24) is 4.98 Å². The van der Waals surface area contributed by atoms with E-state index in [2.05, 4.69) is 0 Å². The van der Waals surface area contributed by atoms with Crippen molar-refractivity contribution in [3.8, 4) is 5.75 Å². The first-order valence-corrected chi connectivity index (χ1v) is 10.7. The third kappa shape index (κ3) is 4.06. The molecule has 0 radical (unpaired) electrons. The van der Waals surface area contributed by atoms with Crippen LogP contribution in [0, 0.1) is 0 Å². The lowest BCUT2D eigenvalue weighted by molar-refractivity contribution is -0.118. The van der Waals surface area contributed by atoms with Crippen LogP contribution in [-0.2, 0) is 17.8 Å². The monoisotopic (exact) mass is 432 g/mol. The number of nitrogens with zero attached hydrogens (tertiary/aromatic N) is 2. The molecule has 0 spiro atoms. The molecule has 0 saturated carbocycles. The smallest absolute Gasteiger partial charge is 0.234 e. The van der Waals surface area contributed by atoms with Crippen molar-refractivity contribution in [3.05, 3.63) is 63.7 Å². The Morgan fingerprint density at radius 2 is 2.11 bits per heavy atom. The summed E-state index contributed by atoms with van der Waals surface area (Å²) in [7, 11) is 0. The van der Waals surface area contributed by atoms with Crippen molar-refractivity contribution in [1.29, 1.82) is 0 Å².